The number of hydrogen-bond donors (Lipinski definition) is 1. The summed E-state index contributed by atoms with van der Waals surface area (Å²) in [6.07, 6.45) is 3.66. The van der Waals surface area contributed by atoms with Crippen LogP contribution in [0.4, 0.5) is 4.39 Å². The molecule has 2 rings (SSSR count). The zero-order valence-corrected chi connectivity index (χ0v) is 9.97. The molecular weight excluding hydrogens is 217 g/mol. The lowest BCUT2D eigenvalue weighted by atomic mass is 10.0. The first-order chi connectivity index (χ1) is 8.09. The van der Waals surface area contributed by atoms with E-state index < -0.39 is 0 Å². The highest BCUT2D eigenvalue weighted by atomic mass is 19.1. The number of imidazole rings is 1. The Hall–Kier alpha value is -1.68. The Bertz CT molecular complexity index is 490. The molecule has 1 aromatic carbocycles. The van der Waals surface area contributed by atoms with Gasteiger partial charge in [0, 0.05) is 12.4 Å². The summed E-state index contributed by atoms with van der Waals surface area (Å²) in [5, 5.41) is 0. The summed E-state index contributed by atoms with van der Waals surface area (Å²) >= 11 is 0. The first-order valence-electron chi connectivity index (χ1n) is 5.60. The van der Waals surface area contributed by atoms with E-state index in [1.54, 1.807) is 18.3 Å². The molecule has 0 radical (unpaired) electrons. The highest BCUT2D eigenvalue weighted by Crippen LogP contribution is 2.24. The molecule has 0 aliphatic carbocycles. The summed E-state index contributed by atoms with van der Waals surface area (Å²) in [5.41, 5.74) is 7.10. The molecule has 0 saturated heterocycles. The third kappa shape index (κ3) is 2.36. The number of aryl methyl sites for hydroxylation is 1. The summed E-state index contributed by atoms with van der Waals surface area (Å²) < 4.78 is 14.9. The van der Waals surface area contributed by atoms with Gasteiger partial charge in [0.1, 0.15) is 11.6 Å². The third-order valence-corrected chi connectivity index (χ3v) is 3.08. The van der Waals surface area contributed by atoms with Gasteiger partial charge >= 0.3 is 0 Å². The van der Waals surface area contributed by atoms with Crippen molar-refractivity contribution < 1.29 is 4.39 Å². The predicted octanol–water partition coefficient (Wildman–Crippen LogP) is 2.59. The van der Waals surface area contributed by atoms with Crippen LogP contribution in [0, 0.1) is 12.7 Å². The normalized spacial score (nSPS) is 14.6. The van der Waals surface area contributed by atoms with Crippen LogP contribution in [0.15, 0.2) is 36.7 Å². The van der Waals surface area contributed by atoms with Gasteiger partial charge in [0.15, 0.2) is 0 Å². The smallest absolute Gasteiger partial charge is 0.123 e. The molecule has 0 aliphatic rings. The summed E-state index contributed by atoms with van der Waals surface area (Å²) in [6.45, 7) is 3.97. The maximum Gasteiger partial charge on any atom is 0.123 e. The Morgan fingerprint density at radius 2 is 1.94 bits per heavy atom. The summed E-state index contributed by atoms with van der Waals surface area (Å²) in [5.74, 6) is 0.683. The number of nitrogens with zero attached hydrogens (tertiary/aromatic N) is 2. The van der Waals surface area contributed by atoms with Gasteiger partial charge in [-0.3, -0.25) is 0 Å². The Labute approximate surface area is 100 Å². The minimum Gasteiger partial charge on any atom is -0.330 e. The molecule has 3 nitrogen and oxygen atoms in total. The van der Waals surface area contributed by atoms with Crippen molar-refractivity contribution in [3.8, 4) is 0 Å². The molecule has 2 N–H and O–H groups in total. The lowest BCUT2D eigenvalue weighted by Gasteiger charge is -2.22. The minimum atomic E-state index is -0.243. The van der Waals surface area contributed by atoms with Crippen molar-refractivity contribution in [1.82, 2.24) is 9.55 Å². The quantitative estimate of drug-likeness (QED) is 0.885. The maximum absolute atomic E-state index is 12.8. The Balaban J connectivity index is 2.23. The topological polar surface area (TPSA) is 43.8 Å². The van der Waals surface area contributed by atoms with E-state index in [9.17, 15) is 4.39 Å². The van der Waals surface area contributed by atoms with Crippen LogP contribution >= 0.6 is 0 Å². The van der Waals surface area contributed by atoms with E-state index in [-0.39, 0.29) is 17.9 Å². The number of benzene rings is 1. The standard InChI is InChI=1S/C13H16FN3/c1-9(17-8-7-16-10(17)2)13(15)11-3-5-12(14)6-4-11/h3-9,13H,15H2,1-2H3. The van der Waals surface area contributed by atoms with Crippen molar-refractivity contribution in [3.05, 3.63) is 53.9 Å². The van der Waals surface area contributed by atoms with Gasteiger partial charge in [0.05, 0.1) is 12.1 Å². The number of halogens is 1. The largest absolute Gasteiger partial charge is 0.330 e. The lowest BCUT2D eigenvalue weighted by molar-refractivity contribution is 0.444. The van der Waals surface area contributed by atoms with Gasteiger partial charge in [0.2, 0.25) is 0 Å². The summed E-state index contributed by atoms with van der Waals surface area (Å²) in [7, 11) is 0. The molecule has 0 spiro atoms. The predicted molar refractivity (Wildman–Crippen MR) is 65.0 cm³/mol. The molecule has 90 valence electrons. The highest BCUT2D eigenvalue weighted by molar-refractivity contribution is 5.20. The van der Waals surface area contributed by atoms with Crippen molar-refractivity contribution in [3.63, 3.8) is 0 Å². The Morgan fingerprint density at radius 1 is 1.29 bits per heavy atom. The van der Waals surface area contributed by atoms with E-state index in [1.165, 1.54) is 12.1 Å². The molecule has 2 atom stereocenters. The van der Waals surface area contributed by atoms with Crippen molar-refractivity contribution in [2.24, 2.45) is 5.73 Å². The molecule has 1 aromatic heterocycles. The van der Waals surface area contributed by atoms with Gasteiger partial charge in [-0.05, 0) is 31.5 Å². The number of rotatable bonds is 3. The summed E-state index contributed by atoms with van der Waals surface area (Å²) in [6, 6.07) is 6.23. The first-order valence-corrected chi connectivity index (χ1v) is 5.60. The van der Waals surface area contributed by atoms with Crippen LogP contribution in [-0.4, -0.2) is 9.55 Å². The molecule has 2 aromatic rings. The monoisotopic (exact) mass is 233 g/mol. The van der Waals surface area contributed by atoms with Crippen molar-refractivity contribution in [2.75, 3.05) is 0 Å². The van der Waals surface area contributed by atoms with E-state index >= 15 is 0 Å². The molecule has 0 saturated carbocycles. The molecular formula is C13H16FN3. The zero-order chi connectivity index (χ0) is 12.4. The first kappa shape index (κ1) is 11.8. The van der Waals surface area contributed by atoms with E-state index in [0.29, 0.717) is 0 Å². The fourth-order valence-electron chi connectivity index (χ4n) is 1.95. The van der Waals surface area contributed by atoms with Crippen molar-refractivity contribution >= 4 is 0 Å². The van der Waals surface area contributed by atoms with Gasteiger partial charge in [-0.1, -0.05) is 12.1 Å². The number of hydrogen-bond acceptors (Lipinski definition) is 2. The molecule has 1 heterocycles. The van der Waals surface area contributed by atoms with Gasteiger partial charge in [-0.15, -0.1) is 0 Å². The SMILES string of the molecule is Cc1nccn1C(C)C(N)c1ccc(F)cc1. The van der Waals surface area contributed by atoms with Crippen LogP contribution in [0.5, 0.6) is 0 Å². The lowest BCUT2D eigenvalue weighted by Crippen LogP contribution is -2.22. The fraction of sp³-hybridized carbons (Fsp3) is 0.308. The van der Waals surface area contributed by atoms with Crippen LogP contribution in [0.3, 0.4) is 0 Å². The van der Waals surface area contributed by atoms with Gasteiger partial charge < -0.3 is 10.3 Å². The van der Waals surface area contributed by atoms with E-state index in [1.807, 2.05) is 24.6 Å². The number of nitrogens with two attached hydrogens (primary N) is 1. The van der Waals surface area contributed by atoms with Gasteiger partial charge in [-0.2, -0.15) is 0 Å². The second-order valence-corrected chi connectivity index (χ2v) is 4.20. The van der Waals surface area contributed by atoms with Crippen molar-refractivity contribution in [1.29, 1.82) is 0 Å². The van der Waals surface area contributed by atoms with Gasteiger partial charge in [0.25, 0.3) is 0 Å². The molecule has 17 heavy (non-hydrogen) atoms. The van der Waals surface area contributed by atoms with Crippen LogP contribution in [0.2, 0.25) is 0 Å². The molecule has 0 bridgehead atoms. The van der Waals surface area contributed by atoms with Crippen LogP contribution in [0.1, 0.15) is 30.4 Å². The van der Waals surface area contributed by atoms with E-state index in [2.05, 4.69) is 4.98 Å². The molecule has 0 fully saturated rings. The average molecular weight is 233 g/mol. The van der Waals surface area contributed by atoms with E-state index in [4.69, 9.17) is 5.73 Å². The second kappa shape index (κ2) is 4.67. The molecule has 0 amide bonds. The Kier molecular flexibility index (Phi) is 3.24. The second-order valence-electron chi connectivity index (χ2n) is 4.20. The summed E-state index contributed by atoms with van der Waals surface area (Å²) in [4.78, 5) is 4.18. The molecule has 0 aliphatic heterocycles. The van der Waals surface area contributed by atoms with E-state index in [0.717, 1.165) is 11.4 Å². The maximum atomic E-state index is 12.8. The minimum absolute atomic E-state index is 0.0861. The molecule has 4 heteroatoms. The van der Waals surface area contributed by atoms with Gasteiger partial charge in [-0.25, -0.2) is 9.37 Å². The highest BCUT2D eigenvalue weighted by Gasteiger charge is 2.17. The fourth-order valence-corrected chi connectivity index (χ4v) is 1.95. The van der Waals surface area contributed by atoms with Crippen LogP contribution in [-0.2, 0) is 0 Å². The average Bonchev–Trinajstić information content (AvgIpc) is 2.74. The van der Waals surface area contributed by atoms with Crippen molar-refractivity contribution in [2.45, 2.75) is 25.9 Å². The number of aromatic nitrogens is 2. The third-order valence-electron chi connectivity index (χ3n) is 3.08. The zero-order valence-electron chi connectivity index (χ0n) is 9.97. The Morgan fingerprint density at radius 3 is 2.47 bits per heavy atom. The van der Waals surface area contributed by atoms with Crippen LogP contribution in [0.25, 0.3) is 0 Å². The molecule has 2 unspecified atom stereocenters. The van der Waals surface area contributed by atoms with Crippen LogP contribution < -0.4 is 5.73 Å².